The number of ether oxygens (including phenoxy) is 2. The molecular formula is C19H19O4. The second-order valence-electron chi connectivity index (χ2n) is 6.08. The molecule has 0 spiro atoms. The summed E-state index contributed by atoms with van der Waals surface area (Å²) in [4.78, 5) is 23.8. The highest BCUT2D eigenvalue weighted by molar-refractivity contribution is 6.13. The van der Waals surface area contributed by atoms with E-state index in [2.05, 4.69) is 0 Å². The lowest BCUT2D eigenvalue weighted by Gasteiger charge is -2.21. The third-order valence-corrected chi connectivity index (χ3v) is 3.12. The van der Waals surface area contributed by atoms with E-state index in [9.17, 15) is 9.59 Å². The third kappa shape index (κ3) is 4.19. The van der Waals surface area contributed by atoms with Gasteiger partial charge in [0.2, 0.25) is 6.29 Å². The zero-order valence-corrected chi connectivity index (χ0v) is 13.7. The van der Waals surface area contributed by atoms with Crippen LogP contribution in [0.3, 0.4) is 0 Å². The Morgan fingerprint density at radius 2 is 1.61 bits per heavy atom. The number of benzene rings is 2. The summed E-state index contributed by atoms with van der Waals surface area (Å²) in [6.07, 6.45) is 1.81. The Morgan fingerprint density at radius 3 is 2.13 bits per heavy atom. The highest BCUT2D eigenvalue weighted by Crippen LogP contribution is 2.24. The van der Waals surface area contributed by atoms with Crippen LogP contribution in [0.2, 0.25) is 0 Å². The van der Waals surface area contributed by atoms with Crippen molar-refractivity contribution < 1.29 is 19.1 Å². The van der Waals surface area contributed by atoms with E-state index in [0.29, 0.717) is 17.1 Å². The summed E-state index contributed by atoms with van der Waals surface area (Å²) in [7, 11) is 1.56. The average Bonchev–Trinajstić information content (AvgIpc) is 2.52. The van der Waals surface area contributed by atoms with Crippen LogP contribution in [0.25, 0.3) is 0 Å². The molecule has 23 heavy (non-hydrogen) atoms. The molecule has 4 nitrogen and oxygen atoms in total. The molecule has 0 aliphatic carbocycles. The van der Waals surface area contributed by atoms with Crippen molar-refractivity contribution in [3.8, 4) is 11.5 Å². The van der Waals surface area contributed by atoms with Crippen molar-refractivity contribution in [3.63, 3.8) is 0 Å². The number of methoxy groups -OCH3 is 1. The maximum Gasteiger partial charge on any atom is 0.234 e. The fourth-order valence-corrected chi connectivity index (χ4v) is 2.12. The van der Waals surface area contributed by atoms with E-state index < -0.39 is 5.60 Å². The van der Waals surface area contributed by atoms with Crippen LogP contribution in [0, 0.1) is 0 Å². The van der Waals surface area contributed by atoms with Crippen molar-refractivity contribution in [2.75, 3.05) is 7.11 Å². The monoisotopic (exact) mass is 311 g/mol. The van der Waals surface area contributed by atoms with Crippen LogP contribution < -0.4 is 9.47 Å². The van der Waals surface area contributed by atoms with Crippen molar-refractivity contribution in [3.05, 3.63) is 59.2 Å². The maximum absolute atomic E-state index is 12.7. The molecule has 0 N–H and O–H groups in total. The topological polar surface area (TPSA) is 52.6 Å². The highest BCUT2D eigenvalue weighted by atomic mass is 16.5. The first kappa shape index (κ1) is 16.7. The molecule has 119 valence electrons. The summed E-state index contributed by atoms with van der Waals surface area (Å²) in [6.45, 7) is 5.74. The highest BCUT2D eigenvalue weighted by Gasteiger charge is 2.18. The standard InChI is InChI=1S/C19H19O4/c1-19(2,3)23-16-10-7-14(12-20)17(11-16)18(21)13-5-8-15(22-4)9-6-13/h5-11H,1-4H3. The molecule has 4 heteroatoms. The predicted molar refractivity (Wildman–Crippen MR) is 88.0 cm³/mol. The van der Waals surface area contributed by atoms with Gasteiger partial charge in [-0.25, -0.2) is 0 Å². The van der Waals surface area contributed by atoms with Crippen LogP contribution in [-0.2, 0) is 4.79 Å². The van der Waals surface area contributed by atoms with E-state index in [4.69, 9.17) is 9.47 Å². The van der Waals surface area contributed by atoms with Crippen LogP contribution in [0.1, 0.15) is 42.3 Å². The maximum atomic E-state index is 12.7. The fourth-order valence-electron chi connectivity index (χ4n) is 2.12. The molecule has 0 saturated carbocycles. The first-order chi connectivity index (χ1) is 10.8. The SMILES string of the molecule is COc1ccc(C(=O)c2cc(OC(C)(C)C)ccc2[C]=O)cc1. The average molecular weight is 311 g/mol. The zero-order chi connectivity index (χ0) is 17.0. The molecular weight excluding hydrogens is 292 g/mol. The molecule has 0 heterocycles. The summed E-state index contributed by atoms with van der Waals surface area (Å²) in [6, 6.07) is 11.5. The minimum atomic E-state index is -0.396. The summed E-state index contributed by atoms with van der Waals surface area (Å²) in [5.74, 6) is 0.937. The number of carbonyl (C=O) groups excluding carboxylic acids is 2. The van der Waals surface area contributed by atoms with Crippen LogP contribution in [0.15, 0.2) is 42.5 Å². The van der Waals surface area contributed by atoms with E-state index in [1.807, 2.05) is 27.1 Å². The van der Waals surface area contributed by atoms with Gasteiger partial charge in [0.15, 0.2) is 5.78 Å². The van der Waals surface area contributed by atoms with Crippen molar-refractivity contribution >= 4 is 12.1 Å². The molecule has 1 radical (unpaired) electrons. The van der Waals surface area contributed by atoms with Gasteiger partial charge >= 0.3 is 0 Å². The molecule has 0 amide bonds. The number of rotatable bonds is 5. The Morgan fingerprint density at radius 1 is 1.00 bits per heavy atom. The van der Waals surface area contributed by atoms with Crippen LogP contribution >= 0.6 is 0 Å². The van der Waals surface area contributed by atoms with Gasteiger partial charge in [0, 0.05) is 16.7 Å². The van der Waals surface area contributed by atoms with E-state index >= 15 is 0 Å². The molecule has 0 saturated heterocycles. The molecule has 0 aliphatic rings. The van der Waals surface area contributed by atoms with Gasteiger partial charge in [-0.15, -0.1) is 0 Å². The van der Waals surface area contributed by atoms with Gasteiger partial charge in [-0.05, 0) is 63.2 Å². The van der Waals surface area contributed by atoms with Crippen molar-refractivity contribution in [1.29, 1.82) is 0 Å². The Kier molecular flexibility index (Phi) is 4.84. The van der Waals surface area contributed by atoms with Gasteiger partial charge < -0.3 is 9.47 Å². The Labute approximate surface area is 136 Å². The second-order valence-corrected chi connectivity index (χ2v) is 6.08. The van der Waals surface area contributed by atoms with Crippen LogP contribution in [-0.4, -0.2) is 24.8 Å². The lowest BCUT2D eigenvalue weighted by molar-refractivity contribution is 0.103. The number of ketones is 1. The van der Waals surface area contributed by atoms with E-state index in [-0.39, 0.29) is 16.9 Å². The zero-order valence-electron chi connectivity index (χ0n) is 13.7. The molecule has 0 unspecified atom stereocenters. The van der Waals surface area contributed by atoms with Gasteiger partial charge in [-0.1, -0.05) is 0 Å². The molecule has 0 aromatic heterocycles. The summed E-state index contributed by atoms with van der Waals surface area (Å²) in [5.41, 5.74) is 0.557. The molecule has 2 rings (SSSR count). The minimum Gasteiger partial charge on any atom is -0.497 e. The second kappa shape index (κ2) is 6.65. The van der Waals surface area contributed by atoms with E-state index in [0.717, 1.165) is 0 Å². The Bertz CT molecular complexity index is 709. The van der Waals surface area contributed by atoms with Gasteiger partial charge in [0.1, 0.15) is 17.1 Å². The first-order valence-corrected chi connectivity index (χ1v) is 7.24. The lowest BCUT2D eigenvalue weighted by Crippen LogP contribution is -2.23. The Hall–Kier alpha value is -2.62. The predicted octanol–water partition coefficient (Wildman–Crippen LogP) is 3.56. The molecule has 0 bridgehead atoms. The van der Waals surface area contributed by atoms with Crippen molar-refractivity contribution in [2.45, 2.75) is 26.4 Å². The molecule has 0 fully saturated rings. The minimum absolute atomic E-state index is 0.215. The third-order valence-electron chi connectivity index (χ3n) is 3.12. The lowest BCUT2D eigenvalue weighted by atomic mass is 9.98. The Balaban J connectivity index is 2.40. The van der Waals surface area contributed by atoms with Gasteiger partial charge in [0.05, 0.1) is 7.11 Å². The normalized spacial score (nSPS) is 11.0. The fraction of sp³-hybridized carbons (Fsp3) is 0.263. The van der Waals surface area contributed by atoms with Gasteiger partial charge in [-0.3, -0.25) is 9.59 Å². The van der Waals surface area contributed by atoms with E-state index in [1.54, 1.807) is 49.6 Å². The summed E-state index contributed by atoms with van der Waals surface area (Å²) < 4.78 is 10.8. The van der Waals surface area contributed by atoms with Crippen molar-refractivity contribution in [2.24, 2.45) is 0 Å². The van der Waals surface area contributed by atoms with Crippen LogP contribution in [0.4, 0.5) is 0 Å². The largest absolute Gasteiger partial charge is 0.497 e. The van der Waals surface area contributed by atoms with Crippen molar-refractivity contribution in [1.82, 2.24) is 0 Å². The van der Waals surface area contributed by atoms with E-state index in [1.165, 1.54) is 0 Å². The number of carbonyl (C=O) groups is 1. The summed E-state index contributed by atoms with van der Waals surface area (Å²) in [5, 5.41) is 0. The van der Waals surface area contributed by atoms with Gasteiger partial charge in [-0.2, -0.15) is 0 Å². The quantitative estimate of drug-likeness (QED) is 0.792. The summed E-state index contributed by atoms with van der Waals surface area (Å²) >= 11 is 0. The molecule has 0 aliphatic heterocycles. The molecule has 2 aromatic rings. The van der Waals surface area contributed by atoms with Gasteiger partial charge in [0.25, 0.3) is 0 Å². The smallest absolute Gasteiger partial charge is 0.234 e. The number of hydrogen-bond donors (Lipinski definition) is 0. The molecule has 2 aromatic carbocycles. The number of hydrogen-bond acceptors (Lipinski definition) is 4. The molecule has 0 atom stereocenters. The first-order valence-electron chi connectivity index (χ1n) is 7.24. The van der Waals surface area contributed by atoms with Crippen LogP contribution in [0.5, 0.6) is 11.5 Å².